The molecule has 0 radical (unpaired) electrons. The van der Waals surface area contributed by atoms with Crippen molar-refractivity contribution >= 4 is 17.5 Å². The summed E-state index contributed by atoms with van der Waals surface area (Å²) in [5, 5.41) is 0.688. The zero-order valence-corrected chi connectivity index (χ0v) is 17.5. The average molecular weight is 409 g/mol. The molecule has 0 N–H and O–H groups in total. The summed E-state index contributed by atoms with van der Waals surface area (Å²) < 4.78 is 5.81. The molecule has 0 spiro atoms. The van der Waals surface area contributed by atoms with Gasteiger partial charge in [-0.25, -0.2) is 0 Å². The number of halogens is 1. The predicted octanol–water partition coefficient (Wildman–Crippen LogP) is 5.45. The Morgan fingerprint density at radius 2 is 1.86 bits per heavy atom. The molecule has 4 nitrogen and oxygen atoms in total. The van der Waals surface area contributed by atoms with Gasteiger partial charge in [-0.3, -0.25) is 9.78 Å². The van der Waals surface area contributed by atoms with Gasteiger partial charge in [0.05, 0.1) is 18.3 Å². The average Bonchev–Trinajstić information content (AvgIpc) is 2.74. The number of benzene rings is 2. The first-order valence-corrected chi connectivity index (χ1v) is 10.0. The number of pyridine rings is 1. The minimum absolute atomic E-state index is 0.0564. The van der Waals surface area contributed by atoms with Gasteiger partial charge in [0.15, 0.2) is 0 Å². The zero-order valence-electron chi connectivity index (χ0n) is 16.7. The van der Waals surface area contributed by atoms with Gasteiger partial charge in [0, 0.05) is 24.7 Å². The molecule has 0 bridgehead atoms. The molecule has 1 atom stereocenters. The predicted molar refractivity (Wildman–Crippen MR) is 116 cm³/mol. The van der Waals surface area contributed by atoms with E-state index in [4.69, 9.17) is 16.3 Å². The van der Waals surface area contributed by atoms with E-state index in [0.29, 0.717) is 24.5 Å². The van der Waals surface area contributed by atoms with Gasteiger partial charge in [-0.05, 0) is 54.8 Å². The first kappa shape index (κ1) is 20.9. The summed E-state index contributed by atoms with van der Waals surface area (Å²) in [6.07, 6.45) is 2.79. The molecule has 0 saturated carbocycles. The van der Waals surface area contributed by atoms with Crippen molar-refractivity contribution < 1.29 is 9.53 Å². The summed E-state index contributed by atoms with van der Waals surface area (Å²) >= 11 is 5.97. The fraction of sp³-hybridized carbons (Fsp3) is 0.250. The van der Waals surface area contributed by atoms with Crippen LogP contribution in [0.4, 0.5) is 0 Å². The number of hydrogen-bond donors (Lipinski definition) is 0. The minimum atomic E-state index is -0.218. The Hall–Kier alpha value is -2.85. The van der Waals surface area contributed by atoms with Gasteiger partial charge >= 0.3 is 0 Å². The second-order valence-corrected chi connectivity index (χ2v) is 7.37. The second kappa shape index (κ2) is 10.1. The summed E-state index contributed by atoms with van der Waals surface area (Å²) in [5.74, 6) is 0.854. The molecule has 29 heavy (non-hydrogen) atoms. The summed E-state index contributed by atoms with van der Waals surface area (Å²) in [6.45, 7) is 2.43. The first-order valence-electron chi connectivity index (χ1n) is 9.67. The third-order valence-corrected chi connectivity index (χ3v) is 5.03. The number of rotatable bonds is 8. The summed E-state index contributed by atoms with van der Waals surface area (Å²) in [4.78, 5) is 19.1. The number of carbonyl (C=O) groups excluding carboxylic acids is 1. The van der Waals surface area contributed by atoms with E-state index in [1.54, 1.807) is 17.2 Å². The molecule has 1 aromatic heterocycles. The maximum atomic E-state index is 12.9. The van der Waals surface area contributed by atoms with Gasteiger partial charge in [-0.15, -0.1) is 0 Å². The number of carbonyl (C=O) groups is 1. The highest BCUT2D eigenvalue weighted by Gasteiger charge is 2.24. The molecule has 150 valence electrons. The summed E-state index contributed by atoms with van der Waals surface area (Å²) in [7, 11) is 1.83. The van der Waals surface area contributed by atoms with Crippen LogP contribution in [0, 0.1) is 6.92 Å². The topological polar surface area (TPSA) is 42.4 Å². The lowest BCUT2D eigenvalue weighted by Crippen LogP contribution is -2.32. The molecular weight excluding hydrogens is 384 g/mol. The van der Waals surface area contributed by atoms with E-state index in [-0.39, 0.29) is 11.9 Å². The molecule has 0 aliphatic carbocycles. The maximum Gasteiger partial charge on any atom is 0.223 e. The molecule has 5 heteroatoms. The lowest BCUT2D eigenvalue weighted by molar-refractivity contribution is -0.131. The third kappa shape index (κ3) is 5.58. The monoisotopic (exact) mass is 408 g/mol. The number of hydrogen-bond acceptors (Lipinski definition) is 3. The quantitative estimate of drug-likeness (QED) is 0.465. The molecule has 0 aliphatic heterocycles. The van der Waals surface area contributed by atoms with Crippen LogP contribution in [0.3, 0.4) is 0 Å². The van der Waals surface area contributed by atoms with Crippen LogP contribution in [0.5, 0.6) is 5.75 Å². The highest BCUT2D eigenvalue weighted by atomic mass is 35.5. The lowest BCUT2D eigenvalue weighted by Gasteiger charge is -2.28. The minimum Gasteiger partial charge on any atom is -0.493 e. The smallest absolute Gasteiger partial charge is 0.223 e. The van der Waals surface area contributed by atoms with Crippen LogP contribution >= 0.6 is 11.6 Å². The highest BCUT2D eigenvalue weighted by Crippen LogP contribution is 2.27. The van der Waals surface area contributed by atoms with E-state index in [9.17, 15) is 4.79 Å². The molecule has 1 heterocycles. The molecule has 3 rings (SSSR count). The standard InChI is InChI=1S/C24H25ClN2O2/c1-18-17-20(25)13-14-22(18)29-16-8-12-23(28)27(2)24(19-9-4-3-5-10-19)21-11-6-7-15-26-21/h3-7,9-11,13-15,17,24H,8,12,16H2,1-2H3. The number of nitrogens with zero attached hydrogens (tertiary/aromatic N) is 2. The highest BCUT2D eigenvalue weighted by molar-refractivity contribution is 6.30. The van der Waals surface area contributed by atoms with Gasteiger partial charge in [-0.2, -0.15) is 0 Å². The second-order valence-electron chi connectivity index (χ2n) is 6.93. The Balaban J connectivity index is 1.62. The van der Waals surface area contributed by atoms with Crippen LogP contribution < -0.4 is 4.74 Å². The number of aromatic nitrogens is 1. The van der Waals surface area contributed by atoms with Gasteiger partial charge < -0.3 is 9.64 Å². The normalized spacial score (nSPS) is 11.7. The van der Waals surface area contributed by atoms with Crippen LogP contribution in [0.15, 0.2) is 72.9 Å². The van der Waals surface area contributed by atoms with Crippen LogP contribution in [0.25, 0.3) is 0 Å². The van der Waals surface area contributed by atoms with Crippen molar-refractivity contribution in [3.8, 4) is 5.75 Å². The zero-order chi connectivity index (χ0) is 20.6. The first-order chi connectivity index (χ1) is 14.1. The Kier molecular flexibility index (Phi) is 7.25. The lowest BCUT2D eigenvalue weighted by atomic mass is 10.0. The van der Waals surface area contributed by atoms with Gasteiger partial charge in [0.2, 0.25) is 5.91 Å². The molecule has 0 fully saturated rings. The summed E-state index contributed by atoms with van der Waals surface area (Å²) in [6, 6.07) is 21.1. The van der Waals surface area contributed by atoms with E-state index in [0.717, 1.165) is 22.6 Å². The fourth-order valence-corrected chi connectivity index (χ4v) is 3.49. The molecule has 0 aliphatic rings. The van der Waals surface area contributed by atoms with E-state index < -0.39 is 0 Å². The third-order valence-electron chi connectivity index (χ3n) is 4.79. The molecule has 1 amide bonds. The van der Waals surface area contributed by atoms with E-state index in [1.165, 1.54) is 0 Å². The van der Waals surface area contributed by atoms with Crippen molar-refractivity contribution in [2.45, 2.75) is 25.8 Å². The molecule has 2 aromatic carbocycles. The maximum absolute atomic E-state index is 12.9. The van der Waals surface area contributed by atoms with Crippen molar-refractivity contribution in [2.24, 2.45) is 0 Å². The summed E-state index contributed by atoms with van der Waals surface area (Å²) in [5.41, 5.74) is 2.87. The van der Waals surface area contributed by atoms with Crippen LogP contribution in [-0.2, 0) is 4.79 Å². The molecular formula is C24H25ClN2O2. The van der Waals surface area contributed by atoms with Crippen molar-refractivity contribution in [1.82, 2.24) is 9.88 Å². The van der Waals surface area contributed by atoms with Crippen LogP contribution in [-0.4, -0.2) is 29.4 Å². The van der Waals surface area contributed by atoms with E-state index in [2.05, 4.69) is 4.98 Å². The Labute approximate surface area is 177 Å². The van der Waals surface area contributed by atoms with Crippen molar-refractivity contribution in [3.63, 3.8) is 0 Å². The fourth-order valence-electron chi connectivity index (χ4n) is 3.27. The molecule has 0 saturated heterocycles. The van der Waals surface area contributed by atoms with Gasteiger partial charge in [0.25, 0.3) is 0 Å². The van der Waals surface area contributed by atoms with Gasteiger partial charge in [0.1, 0.15) is 5.75 Å². The van der Waals surface area contributed by atoms with Crippen molar-refractivity contribution in [2.75, 3.05) is 13.7 Å². The number of amides is 1. The van der Waals surface area contributed by atoms with Crippen LogP contribution in [0.2, 0.25) is 5.02 Å². The SMILES string of the molecule is Cc1cc(Cl)ccc1OCCCC(=O)N(C)C(c1ccccc1)c1ccccn1. The van der Waals surface area contributed by atoms with Crippen LogP contribution in [0.1, 0.15) is 35.7 Å². The molecule has 1 unspecified atom stereocenters. The largest absolute Gasteiger partial charge is 0.493 e. The van der Waals surface area contributed by atoms with E-state index in [1.807, 2.05) is 74.6 Å². The number of ether oxygens (including phenoxy) is 1. The molecule has 3 aromatic rings. The van der Waals surface area contributed by atoms with Gasteiger partial charge in [-0.1, -0.05) is 48.0 Å². The Morgan fingerprint density at radius 1 is 1.10 bits per heavy atom. The Bertz CT molecular complexity index is 893. The van der Waals surface area contributed by atoms with E-state index >= 15 is 0 Å². The number of aryl methyl sites for hydroxylation is 1. The van der Waals surface area contributed by atoms with Crippen molar-refractivity contribution in [3.05, 3.63) is 94.8 Å². The van der Waals surface area contributed by atoms with Crippen molar-refractivity contribution in [1.29, 1.82) is 0 Å². The Morgan fingerprint density at radius 3 is 2.55 bits per heavy atom.